The Morgan fingerprint density at radius 1 is 0.967 bits per heavy atom. The Kier molecular flexibility index (Phi) is 6.25. The number of aromatic nitrogens is 1. The zero-order valence-electron chi connectivity index (χ0n) is 17.2. The standard InChI is InChI=1S/C24H26N4O2/c1-19(27-15-17-28(18-16-27)23-9-5-6-14-25-23)24(29)26-20-10-12-22(13-11-20)30-21-7-3-2-4-8-21/h2-14,19H,15-18H2,1H3,(H,26,29)/p+2/t19-/m0/s1. The minimum atomic E-state index is -0.104. The van der Waals surface area contributed by atoms with Crippen LogP contribution >= 0.6 is 0 Å². The number of aromatic amines is 1. The molecule has 0 spiro atoms. The van der Waals surface area contributed by atoms with E-state index in [0.29, 0.717) is 0 Å². The Hall–Kier alpha value is -3.38. The second-order valence-corrected chi connectivity index (χ2v) is 7.54. The summed E-state index contributed by atoms with van der Waals surface area (Å²) >= 11 is 0. The predicted molar refractivity (Wildman–Crippen MR) is 117 cm³/mol. The summed E-state index contributed by atoms with van der Waals surface area (Å²) in [7, 11) is 0. The third-order valence-corrected chi connectivity index (χ3v) is 5.55. The van der Waals surface area contributed by atoms with Crippen LogP contribution in [0.15, 0.2) is 79.0 Å². The molecule has 2 heterocycles. The van der Waals surface area contributed by atoms with Crippen molar-refractivity contribution in [3.63, 3.8) is 0 Å². The molecule has 1 aliphatic heterocycles. The highest BCUT2D eigenvalue weighted by molar-refractivity contribution is 5.93. The van der Waals surface area contributed by atoms with E-state index in [9.17, 15) is 4.79 Å². The zero-order chi connectivity index (χ0) is 20.8. The molecule has 0 bridgehead atoms. The Bertz CT molecular complexity index is 940. The Balaban J connectivity index is 1.28. The summed E-state index contributed by atoms with van der Waals surface area (Å²) in [6.07, 6.45) is 1.95. The number of para-hydroxylation sites is 1. The van der Waals surface area contributed by atoms with E-state index in [0.717, 1.165) is 49.2 Å². The van der Waals surface area contributed by atoms with Gasteiger partial charge in [-0.3, -0.25) is 9.69 Å². The van der Waals surface area contributed by atoms with Crippen molar-refractivity contribution in [2.45, 2.75) is 13.0 Å². The minimum Gasteiger partial charge on any atom is -0.457 e. The number of benzene rings is 2. The first-order chi connectivity index (χ1) is 14.7. The summed E-state index contributed by atoms with van der Waals surface area (Å²) in [4.78, 5) is 19.7. The van der Waals surface area contributed by atoms with E-state index >= 15 is 0 Å². The Labute approximate surface area is 177 Å². The molecule has 30 heavy (non-hydrogen) atoms. The van der Waals surface area contributed by atoms with Gasteiger partial charge >= 0.3 is 0 Å². The maximum absolute atomic E-state index is 12.8. The van der Waals surface area contributed by atoms with Crippen LogP contribution in [0.4, 0.5) is 11.5 Å². The van der Waals surface area contributed by atoms with Crippen molar-refractivity contribution in [3.05, 3.63) is 79.0 Å². The highest BCUT2D eigenvalue weighted by Crippen LogP contribution is 2.22. The number of H-pyrrole nitrogens is 1. The van der Waals surface area contributed by atoms with Gasteiger partial charge in [0.1, 0.15) is 37.7 Å². The number of ether oxygens (including phenoxy) is 1. The minimum absolute atomic E-state index is 0.0430. The molecule has 0 saturated carbocycles. The third kappa shape index (κ3) is 4.96. The summed E-state index contributed by atoms with van der Waals surface area (Å²) in [5.74, 6) is 2.71. The van der Waals surface area contributed by atoms with Crippen molar-refractivity contribution in [3.8, 4) is 11.5 Å². The lowest BCUT2D eigenvalue weighted by molar-refractivity contribution is -0.914. The van der Waals surface area contributed by atoms with Gasteiger partial charge in [-0.25, -0.2) is 4.98 Å². The fourth-order valence-corrected chi connectivity index (χ4v) is 3.72. The molecule has 1 amide bonds. The van der Waals surface area contributed by atoms with Gasteiger partial charge in [0.2, 0.25) is 0 Å². The lowest BCUT2D eigenvalue weighted by Crippen LogP contribution is -3.19. The molecule has 2 aromatic carbocycles. The van der Waals surface area contributed by atoms with Gasteiger partial charge < -0.3 is 15.0 Å². The summed E-state index contributed by atoms with van der Waals surface area (Å²) in [5.41, 5.74) is 0.782. The van der Waals surface area contributed by atoms with Gasteiger partial charge in [0.15, 0.2) is 6.04 Å². The van der Waals surface area contributed by atoms with Crippen molar-refractivity contribution < 1.29 is 19.4 Å². The predicted octanol–water partition coefficient (Wildman–Crippen LogP) is 2.03. The van der Waals surface area contributed by atoms with Gasteiger partial charge in [-0.15, -0.1) is 0 Å². The largest absolute Gasteiger partial charge is 0.457 e. The van der Waals surface area contributed by atoms with Gasteiger partial charge in [-0.05, 0) is 49.4 Å². The molecule has 0 aliphatic carbocycles. The molecular weight excluding hydrogens is 376 g/mol. The van der Waals surface area contributed by atoms with Crippen molar-refractivity contribution >= 4 is 17.4 Å². The lowest BCUT2D eigenvalue weighted by Gasteiger charge is -2.31. The van der Waals surface area contributed by atoms with Crippen molar-refractivity contribution in [2.75, 3.05) is 36.4 Å². The average Bonchev–Trinajstić information content (AvgIpc) is 2.81. The van der Waals surface area contributed by atoms with Gasteiger partial charge in [0, 0.05) is 11.8 Å². The Morgan fingerprint density at radius 3 is 2.30 bits per heavy atom. The second-order valence-electron chi connectivity index (χ2n) is 7.54. The fourth-order valence-electron chi connectivity index (χ4n) is 3.72. The van der Waals surface area contributed by atoms with Gasteiger partial charge in [0.05, 0.1) is 6.20 Å². The number of rotatable bonds is 6. The van der Waals surface area contributed by atoms with E-state index in [2.05, 4.69) is 21.3 Å². The number of amides is 1. The normalized spacial score (nSPS) is 15.4. The van der Waals surface area contributed by atoms with Gasteiger partial charge in [-0.1, -0.05) is 24.3 Å². The smallest absolute Gasteiger partial charge is 0.282 e. The molecule has 6 nitrogen and oxygen atoms in total. The number of piperazine rings is 1. The number of hydrogen-bond acceptors (Lipinski definition) is 3. The monoisotopic (exact) mass is 404 g/mol. The first kappa shape index (κ1) is 19.9. The van der Waals surface area contributed by atoms with Crippen LogP contribution < -0.4 is 24.8 Å². The quantitative estimate of drug-likeness (QED) is 0.661. The number of anilines is 2. The molecule has 1 aromatic heterocycles. The lowest BCUT2D eigenvalue weighted by atomic mass is 10.2. The van der Waals surface area contributed by atoms with Gasteiger partial charge in [-0.2, -0.15) is 0 Å². The van der Waals surface area contributed by atoms with Crippen molar-refractivity contribution in [1.29, 1.82) is 0 Å². The number of nitrogens with one attached hydrogen (secondary N) is 3. The highest BCUT2D eigenvalue weighted by Gasteiger charge is 2.32. The van der Waals surface area contributed by atoms with E-state index in [-0.39, 0.29) is 11.9 Å². The number of quaternary nitrogens is 1. The number of hydrogen-bond donors (Lipinski definition) is 2. The van der Waals surface area contributed by atoms with Crippen LogP contribution in [-0.4, -0.2) is 38.1 Å². The number of carbonyl (C=O) groups is 1. The Morgan fingerprint density at radius 2 is 1.63 bits per heavy atom. The van der Waals surface area contributed by atoms with E-state index in [1.807, 2.05) is 79.9 Å². The topological polar surface area (TPSA) is 60.1 Å². The number of carbonyl (C=O) groups excluding carboxylic acids is 1. The zero-order valence-corrected chi connectivity index (χ0v) is 17.2. The van der Waals surface area contributed by atoms with Crippen LogP contribution in [0, 0.1) is 0 Å². The van der Waals surface area contributed by atoms with E-state index in [1.54, 1.807) is 0 Å². The van der Waals surface area contributed by atoms with Crippen molar-refractivity contribution in [2.24, 2.45) is 0 Å². The van der Waals surface area contributed by atoms with Crippen LogP contribution in [0.5, 0.6) is 11.5 Å². The summed E-state index contributed by atoms with van der Waals surface area (Å²) in [6, 6.07) is 23.2. The van der Waals surface area contributed by atoms with E-state index in [1.165, 1.54) is 4.90 Å². The van der Waals surface area contributed by atoms with Crippen LogP contribution in [0.1, 0.15) is 6.92 Å². The van der Waals surface area contributed by atoms with Gasteiger partial charge in [0.25, 0.3) is 11.7 Å². The van der Waals surface area contributed by atoms with E-state index < -0.39 is 0 Å². The molecule has 3 N–H and O–H groups in total. The fraction of sp³-hybridized carbons (Fsp3) is 0.250. The number of nitrogens with zero attached hydrogens (tertiary/aromatic N) is 1. The molecule has 6 heteroatoms. The summed E-state index contributed by atoms with van der Waals surface area (Å²) < 4.78 is 5.80. The second kappa shape index (κ2) is 9.41. The molecule has 1 atom stereocenters. The molecule has 0 unspecified atom stereocenters. The maximum atomic E-state index is 12.8. The SMILES string of the molecule is C[C@@H](C(=O)Nc1ccc(Oc2ccccc2)cc1)[NH+]1CCN(c2cccc[nH+]2)CC1. The van der Waals surface area contributed by atoms with E-state index in [4.69, 9.17) is 4.74 Å². The van der Waals surface area contributed by atoms with Crippen molar-refractivity contribution in [1.82, 2.24) is 0 Å². The molecule has 1 saturated heterocycles. The van der Waals surface area contributed by atoms with Crippen LogP contribution in [0.2, 0.25) is 0 Å². The number of pyridine rings is 1. The summed E-state index contributed by atoms with van der Waals surface area (Å²) in [6.45, 7) is 5.72. The molecule has 1 fully saturated rings. The van der Waals surface area contributed by atoms with Crippen LogP contribution in [0.3, 0.4) is 0 Å². The highest BCUT2D eigenvalue weighted by atomic mass is 16.5. The van der Waals surface area contributed by atoms with Crippen LogP contribution in [0.25, 0.3) is 0 Å². The average molecular weight is 405 g/mol. The first-order valence-electron chi connectivity index (χ1n) is 10.4. The maximum Gasteiger partial charge on any atom is 0.282 e. The van der Waals surface area contributed by atoms with Crippen LogP contribution in [-0.2, 0) is 4.79 Å². The molecule has 4 rings (SSSR count). The first-order valence-corrected chi connectivity index (χ1v) is 10.4. The molecule has 1 aliphatic rings. The molecule has 0 radical (unpaired) electrons. The summed E-state index contributed by atoms with van der Waals surface area (Å²) in [5, 5.41) is 3.04. The molecular formula is C24H28N4O2+2. The molecule has 3 aromatic rings. The third-order valence-electron chi connectivity index (χ3n) is 5.55. The molecule has 154 valence electrons.